The molecule has 0 amide bonds. The van der Waals surface area contributed by atoms with Crippen molar-refractivity contribution in [2.24, 2.45) is 0 Å². The molecule has 0 fully saturated rings. The van der Waals surface area contributed by atoms with E-state index in [0.717, 1.165) is 32.1 Å². The molecule has 0 rings (SSSR count). The van der Waals surface area contributed by atoms with Gasteiger partial charge in [-0.3, -0.25) is 9.05 Å². The summed E-state index contributed by atoms with van der Waals surface area (Å²) < 4.78 is 46.5. The Labute approximate surface area is 265 Å². The first kappa shape index (κ1) is 42.9. The Morgan fingerprint density at radius 2 is 1.12 bits per heavy atom. The minimum absolute atomic E-state index is 0.0581. The van der Waals surface area contributed by atoms with Crippen LogP contribution in [0.4, 0.5) is 0 Å². The van der Waals surface area contributed by atoms with Gasteiger partial charge < -0.3 is 28.3 Å². The van der Waals surface area contributed by atoms with Crippen LogP contribution in [0.25, 0.3) is 0 Å². The van der Waals surface area contributed by atoms with Crippen LogP contribution < -0.4 is 0 Å². The van der Waals surface area contributed by atoms with Crippen LogP contribution in [-0.2, 0) is 32.6 Å². The first-order valence-electron chi connectivity index (χ1n) is 17.5. The largest absolute Gasteiger partial charge is 0.472 e. The average molecular weight is 641 g/mol. The smallest absolute Gasteiger partial charge is 0.379 e. The van der Waals surface area contributed by atoms with Crippen molar-refractivity contribution in [3.63, 3.8) is 0 Å². The predicted molar refractivity (Wildman–Crippen MR) is 176 cm³/mol. The number of likely N-dealkylation sites (N-methyl/N-ethyl adjacent to an activating group) is 1. The summed E-state index contributed by atoms with van der Waals surface area (Å²) in [6.07, 6.45) is 20.4. The van der Waals surface area contributed by atoms with E-state index in [1.54, 1.807) is 0 Å². The van der Waals surface area contributed by atoms with Gasteiger partial charge in [0, 0.05) is 26.4 Å². The Bertz CT molecular complexity index is 629. The van der Waals surface area contributed by atoms with Crippen molar-refractivity contribution < 1.29 is 41.9 Å². The van der Waals surface area contributed by atoms with Crippen molar-refractivity contribution in [2.75, 3.05) is 73.9 Å². The molecule has 0 aromatic heterocycles. The molecule has 43 heavy (non-hydrogen) atoms. The van der Waals surface area contributed by atoms with Gasteiger partial charge in [0.05, 0.1) is 34.4 Å². The van der Waals surface area contributed by atoms with E-state index in [1.807, 2.05) is 35.0 Å². The first-order valence-corrected chi connectivity index (χ1v) is 19.0. The summed E-state index contributed by atoms with van der Waals surface area (Å²) in [6, 6.07) is 0. The second kappa shape index (κ2) is 29.3. The summed E-state index contributed by atoms with van der Waals surface area (Å²) in [5, 5.41) is 0. The quantitative estimate of drug-likeness (QED) is 0.0325. The van der Waals surface area contributed by atoms with Crippen LogP contribution in [-0.4, -0.2) is 95.7 Å². The molecule has 0 heterocycles. The third-order valence-corrected chi connectivity index (χ3v) is 8.26. The lowest BCUT2D eigenvalue weighted by Crippen LogP contribution is -2.37. The van der Waals surface area contributed by atoms with Gasteiger partial charge in [0.25, 0.3) is 0 Å². The summed E-state index contributed by atoms with van der Waals surface area (Å²) >= 11 is 0. The number of phosphoric acid groups is 1. The number of phosphoric ester groups is 1. The topological polar surface area (TPSA) is 92.7 Å². The van der Waals surface area contributed by atoms with Gasteiger partial charge in [0.2, 0.25) is 0 Å². The number of unbranched alkanes of at least 4 members (excludes halogenated alkanes) is 14. The third kappa shape index (κ3) is 31.7. The lowest BCUT2D eigenvalue weighted by molar-refractivity contribution is -0.870. The molecule has 0 aliphatic rings. The zero-order valence-electron chi connectivity index (χ0n) is 29.0. The Morgan fingerprint density at radius 1 is 0.605 bits per heavy atom. The van der Waals surface area contributed by atoms with Crippen molar-refractivity contribution in [1.29, 1.82) is 0 Å². The maximum atomic E-state index is 12.4. The molecular formula is C33H71NO8P+. The average Bonchev–Trinajstić information content (AvgIpc) is 2.94. The molecule has 0 aromatic carbocycles. The van der Waals surface area contributed by atoms with Gasteiger partial charge in [-0.1, -0.05) is 90.4 Å². The molecule has 1 N–H and O–H groups in total. The van der Waals surface area contributed by atoms with Crippen LogP contribution >= 0.6 is 7.82 Å². The molecule has 2 atom stereocenters. The van der Waals surface area contributed by atoms with Crippen LogP contribution in [0, 0.1) is 0 Å². The van der Waals surface area contributed by atoms with E-state index in [9.17, 15) is 9.46 Å². The highest BCUT2D eigenvalue weighted by molar-refractivity contribution is 7.47. The first-order chi connectivity index (χ1) is 20.6. The van der Waals surface area contributed by atoms with E-state index in [0.29, 0.717) is 44.1 Å². The van der Waals surface area contributed by atoms with Crippen molar-refractivity contribution in [1.82, 2.24) is 0 Å². The molecule has 0 saturated carbocycles. The van der Waals surface area contributed by atoms with Crippen molar-refractivity contribution in [3.05, 3.63) is 0 Å². The molecule has 0 radical (unpaired) electrons. The monoisotopic (exact) mass is 640 g/mol. The van der Waals surface area contributed by atoms with Crippen LogP contribution in [0.1, 0.15) is 130 Å². The molecular weight excluding hydrogens is 569 g/mol. The fourth-order valence-corrected chi connectivity index (χ4v) is 5.39. The van der Waals surface area contributed by atoms with E-state index in [-0.39, 0.29) is 19.5 Å². The lowest BCUT2D eigenvalue weighted by atomic mass is 10.0. The van der Waals surface area contributed by atoms with E-state index < -0.39 is 13.9 Å². The number of ether oxygens (including phenoxy) is 4. The number of rotatable bonds is 34. The number of hydrogen-bond acceptors (Lipinski definition) is 7. The molecule has 260 valence electrons. The van der Waals surface area contributed by atoms with Crippen LogP contribution in [0.3, 0.4) is 0 Å². The highest BCUT2D eigenvalue weighted by Gasteiger charge is 2.25. The van der Waals surface area contributed by atoms with Gasteiger partial charge in [-0.05, 0) is 39.5 Å². The van der Waals surface area contributed by atoms with Gasteiger partial charge in [0.1, 0.15) is 19.3 Å². The Morgan fingerprint density at radius 3 is 1.63 bits per heavy atom. The summed E-state index contributed by atoms with van der Waals surface area (Å²) in [6.45, 7) is 9.58. The van der Waals surface area contributed by atoms with E-state index in [1.165, 1.54) is 77.0 Å². The van der Waals surface area contributed by atoms with Crippen LogP contribution in [0.2, 0.25) is 0 Å². The van der Waals surface area contributed by atoms with Crippen LogP contribution in [0.15, 0.2) is 0 Å². The number of quaternary nitrogens is 1. The Balaban J connectivity index is 4.22. The summed E-state index contributed by atoms with van der Waals surface area (Å²) in [7, 11) is 1.83. The van der Waals surface area contributed by atoms with Crippen molar-refractivity contribution in [3.8, 4) is 0 Å². The molecule has 0 saturated heterocycles. The maximum absolute atomic E-state index is 12.4. The Hall–Kier alpha value is -0.0900. The second-order valence-corrected chi connectivity index (χ2v) is 14.1. The number of nitrogens with zero attached hydrogens (tertiary/aromatic N) is 1. The molecule has 0 aliphatic heterocycles. The fourth-order valence-electron chi connectivity index (χ4n) is 4.65. The number of hydrogen-bond donors (Lipinski definition) is 1. The molecule has 0 bridgehead atoms. The molecule has 9 nitrogen and oxygen atoms in total. The highest BCUT2D eigenvalue weighted by Crippen LogP contribution is 2.43. The highest BCUT2D eigenvalue weighted by atomic mass is 31.2. The molecule has 0 aliphatic carbocycles. The zero-order valence-corrected chi connectivity index (χ0v) is 29.9. The lowest BCUT2D eigenvalue weighted by Gasteiger charge is -2.24. The van der Waals surface area contributed by atoms with Gasteiger partial charge in [-0.15, -0.1) is 0 Å². The summed E-state index contributed by atoms with van der Waals surface area (Å²) in [4.78, 5) is 10.1. The third-order valence-electron chi connectivity index (χ3n) is 7.28. The van der Waals surface area contributed by atoms with Crippen molar-refractivity contribution >= 4 is 7.82 Å². The van der Waals surface area contributed by atoms with E-state index >= 15 is 0 Å². The van der Waals surface area contributed by atoms with Crippen molar-refractivity contribution in [2.45, 2.75) is 142 Å². The zero-order chi connectivity index (χ0) is 32.1. The summed E-state index contributed by atoms with van der Waals surface area (Å²) in [5.74, 6) is 0. The fraction of sp³-hybridized carbons (Fsp3) is 1.00. The standard InChI is InChI=1S/C33H70NO8P/c1-7-10-11-12-13-14-15-16-17-18-19-20-21-23-27-37-30-32(31-42-43(35,36)41-29-26-34(4,5)6)40-28-24-22-25-33(38-8-2)39-9-3/h32-33H,7-31H2,1-6H3/p+1. The van der Waals surface area contributed by atoms with Gasteiger partial charge in [-0.2, -0.15) is 0 Å². The molecule has 0 spiro atoms. The minimum atomic E-state index is -4.16. The van der Waals surface area contributed by atoms with E-state index in [4.69, 9.17) is 28.0 Å². The normalized spacial score (nSPS) is 14.4. The molecule has 0 aromatic rings. The van der Waals surface area contributed by atoms with Gasteiger partial charge >= 0.3 is 7.82 Å². The molecule has 2 unspecified atom stereocenters. The second-order valence-electron chi connectivity index (χ2n) is 12.6. The predicted octanol–water partition coefficient (Wildman–Crippen LogP) is 8.28. The van der Waals surface area contributed by atoms with Gasteiger partial charge in [-0.25, -0.2) is 4.57 Å². The summed E-state index contributed by atoms with van der Waals surface area (Å²) in [5.41, 5.74) is 0. The minimum Gasteiger partial charge on any atom is -0.379 e. The molecule has 10 heteroatoms. The van der Waals surface area contributed by atoms with E-state index in [2.05, 4.69) is 6.92 Å². The maximum Gasteiger partial charge on any atom is 0.472 e. The Kier molecular flexibility index (Phi) is 29.3. The SMILES string of the molecule is CCCCCCCCCCCCCCCCOCC(COP(=O)(O)OCC[N+](C)(C)C)OCCCCC(OCC)OCC. The van der Waals surface area contributed by atoms with Crippen LogP contribution in [0.5, 0.6) is 0 Å². The van der Waals surface area contributed by atoms with Gasteiger partial charge in [0.15, 0.2) is 6.29 Å².